The molecule has 0 unspecified atom stereocenters. The van der Waals surface area contributed by atoms with Gasteiger partial charge in [0.1, 0.15) is 11.6 Å². The van der Waals surface area contributed by atoms with Gasteiger partial charge in [-0.1, -0.05) is 137 Å². The van der Waals surface area contributed by atoms with Gasteiger partial charge in [0.25, 0.3) is 0 Å². The van der Waals surface area contributed by atoms with E-state index in [2.05, 4.69) is 173 Å². The number of hydrogen-bond acceptors (Lipinski definition) is 0. The molecule has 2 heteroatoms. The van der Waals surface area contributed by atoms with Crippen molar-refractivity contribution in [1.29, 1.82) is 0 Å². The van der Waals surface area contributed by atoms with Gasteiger partial charge in [0.15, 0.2) is 0 Å². The van der Waals surface area contributed by atoms with E-state index in [4.69, 9.17) is 0 Å². The Hall–Kier alpha value is -6.64. The van der Waals surface area contributed by atoms with E-state index in [9.17, 15) is 8.78 Å². The summed E-state index contributed by atoms with van der Waals surface area (Å²) >= 11 is 0. The summed E-state index contributed by atoms with van der Waals surface area (Å²) in [4.78, 5) is 0. The van der Waals surface area contributed by atoms with Gasteiger partial charge in [0.05, 0.1) is 0 Å². The molecule has 0 N–H and O–H groups in total. The zero-order valence-corrected chi connectivity index (χ0v) is 32.9. The van der Waals surface area contributed by atoms with Gasteiger partial charge in [0.2, 0.25) is 0 Å². The lowest BCUT2D eigenvalue weighted by atomic mass is 9.79. The molecule has 0 saturated carbocycles. The van der Waals surface area contributed by atoms with Crippen LogP contribution in [0.3, 0.4) is 0 Å². The molecular weight excluding hydrogens is 711 g/mol. The van der Waals surface area contributed by atoms with Crippen molar-refractivity contribution < 1.29 is 8.78 Å². The fourth-order valence-corrected chi connectivity index (χ4v) is 9.89. The lowest BCUT2D eigenvalue weighted by molar-refractivity contribution is 0.584. The molecule has 2 aliphatic rings. The number of hydrogen-bond donors (Lipinski definition) is 0. The Morgan fingerprint density at radius 3 is 0.966 bits per heavy atom. The van der Waals surface area contributed by atoms with Gasteiger partial charge in [-0.3, -0.25) is 0 Å². The van der Waals surface area contributed by atoms with Gasteiger partial charge >= 0.3 is 0 Å². The first kappa shape index (κ1) is 34.6. The quantitative estimate of drug-likeness (QED) is 0.168. The Morgan fingerprint density at radius 1 is 0.276 bits per heavy atom. The summed E-state index contributed by atoms with van der Waals surface area (Å²) in [5.41, 5.74) is 18.3. The maximum Gasteiger partial charge on any atom is 0.126 e. The average molecular weight is 751 g/mol. The molecular formula is C56H40F2. The van der Waals surface area contributed by atoms with Crippen LogP contribution in [-0.2, 0) is 10.8 Å². The zero-order chi connectivity index (χ0) is 39.5. The van der Waals surface area contributed by atoms with Crippen LogP contribution in [0, 0.1) is 11.6 Å². The Kier molecular flexibility index (Phi) is 7.41. The summed E-state index contributed by atoms with van der Waals surface area (Å²) in [6.07, 6.45) is 0. The topological polar surface area (TPSA) is 0 Å². The summed E-state index contributed by atoms with van der Waals surface area (Å²) < 4.78 is 28.3. The monoisotopic (exact) mass is 750 g/mol. The minimum atomic E-state index is -0.569. The van der Waals surface area contributed by atoms with E-state index >= 15 is 0 Å². The van der Waals surface area contributed by atoms with E-state index in [0.29, 0.717) is 5.56 Å². The second kappa shape index (κ2) is 12.4. The number of halogens is 2. The molecule has 0 saturated heterocycles. The lowest BCUT2D eigenvalue weighted by Gasteiger charge is -2.24. The second-order valence-corrected chi connectivity index (χ2v) is 17.3. The highest BCUT2D eigenvalue weighted by Crippen LogP contribution is 2.53. The van der Waals surface area contributed by atoms with E-state index in [1.807, 2.05) is 6.07 Å². The third-order valence-electron chi connectivity index (χ3n) is 13.1. The van der Waals surface area contributed by atoms with Crippen LogP contribution in [0.5, 0.6) is 0 Å². The van der Waals surface area contributed by atoms with Crippen LogP contribution in [-0.4, -0.2) is 0 Å². The molecule has 9 aromatic rings. The van der Waals surface area contributed by atoms with Crippen LogP contribution < -0.4 is 0 Å². The van der Waals surface area contributed by atoms with Gasteiger partial charge in [-0.2, -0.15) is 0 Å². The van der Waals surface area contributed by atoms with Gasteiger partial charge in [-0.25, -0.2) is 8.78 Å². The van der Waals surface area contributed by atoms with Crippen LogP contribution in [0.2, 0.25) is 0 Å². The smallest absolute Gasteiger partial charge is 0.126 e. The summed E-state index contributed by atoms with van der Waals surface area (Å²) in [6.45, 7) is 9.20. The highest BCUT2D eigenvalue weighted by Gasteiger charge is 2.38. The molecule has 9 aromatic carbocycles. The van der Waals surface area contributed by atoms with E-state index in [0.717, 1.165) is 11.6 Å². The average Bonchev–Trinajstić information content (AvgIpc) is 3.60. The fourth-order valence-electron chi connectivity index (χ4n) is 9.89. The molecule has 0 nitrogen and oxygen atoms in total. The maximum atomic E-state index is 14.1. The van der Waals surface area contributed by atoms with E-state index in [-0.39, 0.29) is 10.8 Å². The van der Waals surface area contributed by atoms with Crippen LogP contribution in [0.1, 0.15) is 49.9 Å². The second-order valence-electron chi connectivity index (χ2n) is 17.3. The molecule has 0 atom stereocenters. The first-order valence-corrected chi connectivity index (χ1v) is 20.1. The number of benzene rings is 9. The summed E-state index contributed by atoms with van der Waals surface area (Å²) in [5, 5.41) is 4.99. The predicted molar refractivity (Wildman–Crippen MR) is 238 cm³/mol. The lowest BCUT2D eigenvalue weighted by Crippen LogP contribution is -2.15. The van der Waals surface area contributed by atoms with E-state index in [1.54, 1.807) is 0 Å². The Morgan fingerprint density at radius 2 is 0.569 bits per heavy atom. The van der Waals surface area contributed by atoms with Crippen LogP contribution >= 0.6 is 0 Å². The first-order valence-electron chi connectivity index (χ1n) is 20.1. The minimum Gasteiger partial charge on any atom is -0.207 e. The standard InChI is InChI=1S/C56H40F2/c1-55(2)51-28-40(39-14-13-37-24-36(11-12-38(37)25-39)35-10-9-33-7-5-6-8-34(33)23-35)15-19-47(51)48-20-16-41(29-52(48)55)42-17-21-49-50-22-18-43(44-26-45(57)32-46(58)27-44)31-54(50)56(3,4)53(49)30-42/h5-32H,1-4H3. The van der Waals surface area contributed by atoms with Crippen molar-refractivity contribution in [3.63, 3.8) is 0 Å². The van der Waals surface area contributed by atoms with Crippen molar-refractivity contribution in [2.75, 3.05) is 0 Å². The predicted octanol–water partition coefficient (Wildman–Crippen LogP) is 15.6. The Labute approximate surface area is 338 Å². The Balaban J connectivity index is 0.895. The molecule has 0 fully saturated rings. The third kappa shape index (κ3) is 5.32. The molecule has 0 bridgehead atoms. The first-order chi connectivity index (χ1) is 28.0. The molecule has 11 rings (SSSR count). The Bertz CT molecular complexity index is 3180. The van der Waals surface area contributed by atoms with Gasteiger partial charge in [0, 0.05) is 16.9 Å². The van der Waals surface area contributed by atoms with Crippen LogP contribution in [0.4, 0.5) is 8.78 Å². The minimum absolute atomic E-state index is 0.179. The fraction of sp³-hybridized carbons (Fsp3) is 0.107. The molecule has 278 valence electrons. The molecule has 0 aromatic heterocycles. The van der Waals surface area contributed by atoms with Gasteiger partial charge < -0.3 is 0 Å². The van der Waals surface area contributed by atoms with Crippen molar-refractivity contribution in [2.45, 2.75) is 38.5 Å². The van der Waals surface area contributed by atoms with Crippen molar-refractivity contribution in [3.05, 3.63) is 204 Å². The molecule has 0 spiro atoms. The summed E-state index contributed by atoms with van der Waals surface area (Å²) in [6, 6.07) is 59.5. The van der Waals surface area contributed by atoms with Crippen molar-refractivity contribution in [1.82, 2.24) is 0 Å². The molecule has 0 aliphatic heterocycles. The zero-order valence-electron chi connectivity index (χ0n) is 32.9. The summed E-state index contributed by atoms with van der Waals surface area (Å²) in [5.74, 6) is -1.14. The van der Waals surface area contributed by atoms with Gasteiger partial charge in [-0.15, -0.1) is 0 Å². The van der Waals surface area contributed by atoms with Crippen LogP contribution in [0.15, 0.2) is 170 Å². The highest BCUT2D eigenvalue weighted by molar-refractivity contribution is 5.94. The number of fused-ring (bicyclic) bond motifs is 8. The molecule has 2 aliphatic carbocycles. The van der Waals surface area contributed by atoms with E-state index < -0.39 is 11.6 Å². The van der Waals surface area contributed by atoms with Crippen LogP contribution in [0.25, 0.3) is 88.3 Å². The molecule has 58 heavy (non-hydrogen) atoms. The van der Waals surface area contributed by atoms with Crippen molar-refractivity contribution in [2.24, 2.45) is 0 Å². The molecule has 0 radical (unpaired) electrons. The molecule has 0 heterocycles. The van der Waals surface area contributed by atoms with Gasteiger partial charge in [-0.05, 0) is 165 Å². The summed E-state index contributed by atoms with van der Waals surface area (Å²) in [7, 11) is 0. The SMILES string of the molecule is CC1(C)c2cc(-c3cc(F)cc(F)c3)ccc2-c2ccc(-c3ccc4c(c3)C(C)(C)c3cc(-c5ccc6cc(-c7ccc8ccccc8c7)ccc6c5)ccc3-4)cc21. The highest BCUT2D eigenvalue weighted by atomic mass is 19.1. The van der Waals surface area contributed by atoms with Crippen molar-refractivity contribution in [3.8, 4) is 66.8 Å². The molecule has 0 amide bonds. The largest absolute Gasteiger partial charge is 0.207 e. The normalized spacial score (nSPS) is 14.3. The van der Waals surface area contributed by atoms with E-state index in [1.165, 1.54) is 112 Å². The van der Waals surface area contributed by atoms with Crippen molar-refractivity contribution >= 4 is 21.5 Å². The maximum absolute atomic E-state index is 14.1. The number of rotatable bonds is 4. The third-order valence-corrected chi connectivity index (χ3v) is 13.1.